The van der Waals surface area contributed by atoms with E-state index in [9.17, 15) is 12.8 Å². The van der Waals surface area contributed by atoms with Crippen LogP contribution < -0.4 is 14.4 Å². The molecule has 5 nitrogen and oxygen atoms in total. The molecule has 3 rings (SSSR count). The number of rotatable bonds is 6. The number of ether oxygens (including phenoxy) is 1. The average molecular weight is 378 g/mol. The molecule has 2 aromatic carbocycles. The minimum absolute atomic E-state index is 0.217. The second-order valence-electron chi connectivity index (χ2n) is 6.56. The molecule has 0 spiro atoms. The van der Waals surface area contributed by atoms with Crippen LogP contribution in [0.3, 0.4) is 0 Å². The first-order valence-electron chi connectivity index (χ1n) is 8.54. The van der Waals surface area contributed by atoms with E-state index >= 15 is 0 Å². The molecule has 0 amide bonds. The van der Waals surface area contributed by atoms with E-state index in [-0.39, 0.29) is 16.6 Å². The maximum absolute atomic E-state index is 13.0. The molecule has 2 aromatic rings. The lowest BCUT2D eigenvalue weighted by atomic mass is 10.1. The Kier molecular flexibility index (Phi) is 5.48. The lowest BCUT2D eigenvalue weighted by Gasteiger charge is -2.19. The summed E-state index contributed by atoms with van der Waals surface area (Å²) in [6.45, 7) is 3.77. The molecule has 0 bridgehead atoms. The van der Waals surface area contributed by atoms with E-state index in [2.05, 4.69) is 9.62 Å². The van der Waals surface area contributed by atoms with Crippen LogP contribution in [0.1, 0.15) is 12.0 Å². The van der Waals surface area contributed by atoms with Gasteiger partial charge in [-0.2, -0.15) is 0 Å². The Morgan fingerprint density at radius 1 is 1.23 bits per heavy atom. The van der Waals surface area contributed by atoms with Gasteiger partial charge >= 0.3 is 0 Å². The highest BCUT2D eigenvalue weighted by atomic mass is 32.2. The number of sulfonamides is 1. The van der Waals surface area contributed by atoms with Gasteiger partial charge < -0.3 is 9.64 Å². The van der Waals surface area contributed by atoms with Crippen molar-refractivity contribution in [2.24, 2.45) is 5.92 Å². The van der Waals surface area contributed by atoms with Gasteiger partial charge in [-0.25, -0.2) is 17.5 Å². The number of nitrogens with one attached hydrogen (secondary N) is 1. The van der Waals surface area contributed by atoms with Gasteiger partial charge in [0.1, 0.15) is 11.6 Å². The van der Waals surface area contributed by atoms with Crippen molar-refractivity contribution in [2.75, 3.05) is 31.6 Å². The van der Waals surface area contributed by atoms with Crippen molar-refractivity contribution in [3.63, 3.8) is 0 Å². The van der Waals surface area contributed by atoms with Crippen LogP contribution in [-0.2, 0) is 10.0 Å². The zero-order valence-electron chi connectivity index (χ0n) is 14.9. The Morgan fingerprint density at radius 3 is 2.62 bits per heavy atom. The Labute approximate surface area is 153 Å². The van der Waals surface area contributed by atoms with Crippen molar-refractivity contribution in [3.05, 3.63) is 53.8 Å². The smallest absolute Gasteiger partial charge is 0.240 e. The summed E-state index contributed by atoms with van der Waals surface area (Å²) in [6.07, 6.45) is 0.890. The summed E-state index contributed by atoms with van der Waals surface area (Å²) in [4.78, 5) is 2.39. The fraction of sp³-hybridized carbons (Fsp3) is 0.368. The summed E-state index contributed by atoms with van der Waals surface area (Å²) in [6, 6.07) is 11.2. The molecule has 0 aliphatic carbocycles. The molecule has 1 aliphatic heterocycles. The Hall–Kier alpha value is -2.12. The number of hydrogen-bond acceptors (Lipinski definition) is 4. The lowest BCUT2D eigenvalue weighted by molar-refractivity contribution is 0.411. The molecule has 1 N–H and O–H groups in total. The molecule has 0 saturated carbocycles. The molecular weight excluding hydrogens is 355 g/mol. The molecule has 0 aromatic heterocycles. The van der Waals surface area contributed by atoms with E-state index in [0.717, 1.165) is 30.8 Å². The van der Waals surface area contributed by atoms with Gasteiger partial charge in [0, 0.05) is 25.3 Å². The second-order valence-corrected chi connectivity index (χ2v) is 8.33. The minimum Gasteiger partial charge on any atom is -0.496 e. The van der Waals surface area contributed by atoms with Crippen molar-refractivity contribution in [2.45, 2.75) is 18.2 Å². The number of aryl methyl sites for hydroxylation is 1. The Bertz CT molecular complexity index is 869. The molecule has 26 heavy (non-hydrogen) atoms. The third kappa shape index (κ3) is 4.16. The minimum atomic E-state index is -3.56. The standard InChI is InChI=1S/C19H23FN2O3S/c1-14-11-18(7-8-19(14)25-2)26(23,24)21-12-15-9-10-22(13-15)17-5-3-16(20)4-6-17/h3-8,11,15,21H,9-10,12-13H2,1-2H3. The van der Waals surface area contributed by atoms with E-state index in [4.69, 9.17) is 4.74 Å². The molecule has 1 atom stereocenters. The quantitative estimate of drug-likeness (QED) is 0.840. The van der Waals surface area contributed by atoms with Crippen molar-refractivity contribution in [1.82, 2.24) is 4.72 Å². The Morgan fingerprint density at radius 2 is 1.96 bits per heavy atom. The van der Waals surface area contributed by atoms with Crippen LogP contribution in [0.15, 0.2) is 47.4 Å². The first-order chi connectivity index (χ1) is 12.4. The summed E-state index contributed by atoms with van der Waals surface area (Å²) in [7, 11) is -2.00. The van der Waals surface area contributed by atoms with Crippen LogP contribution in [0.25, 0.3) is 0 Å². The van der Waals surface area contributed by atoms with E-state index in [1.807, 2.05) is 6.92 Å². The van der Waals surface area contributed by atoms with E-state index in [1.165, 1.54) is 12.1 Å². The molecule has 1 aliphatic rings. The Balaban J connectivity index is 1.60. The number of hydrogen-bond donors (Lipinski definition) is 1. The average Bonchev–Trinajstić information content (AvgIpc) is 3.10. The molecule has 0 radical (unpaired) electrons. The number of halogens is 1. The van der Waals surface area contributed by atoms with Crippen molar-refractivity contribution in [3.8, 4) is 5.75 Å². The largest absolute Gasteiger partial charge is 0.496 e. The van der Waals surface area contributed by atoms with Crippen LogP contribution >= 0.6 is 0 Å². The number of benzene rings is 2. The van der Waals surface area contributed by atoms with Crippen molar-refractivity contribution < 1.29 is 17.5 Å². The molecule has 140 valence electrons. The number of methoxy groups -OCH3 is 1. The second kappa shape index (κ2) is 7.63. The molecule has 7 heteroatoms. The molecule has 1 fully saturated rings. The van der Waals surface area contributed by atoms with Gasteiger partial charge in [0.2, 0.25) is 10.0 Å². The van der Waals surface area contributed by atoms with Crippen LogP contribution in [0.5, 0.6) is 5.75 Å². The summed E-state index contributed by atoms with van der Waals surface area (Å²) < 4.78 is 46.0. The fourth-order valence-electron chi connectivity index (χ4n) is 3.21. The predicted molar refractivity (Wildman–Crippen MR) is 99.6 cm³/mol. The third-order valence-electron chi connectivity index (χ3n) is 4.72. The third-order valence-corrected chi connectivity index (χ3v) is 6.14. The van der Waals surface area contributed by atoms with Gasteiger partial charge in [-0.05, 0) is 67.3 Å². The zero-order valence-corrected chi connectivity index (χ0v) is 15.7. The van der Waals surface area contributed by atoms with Gasteiger partial charge in [0.25, 0.3) is 0 Å². The first kappa shape index (κ1) is 18.7. The number of anilines is 1. The van der Waals surface area contributed by atoms with Gasteiger partial charge in [-0.3, -0.25) is 0 Å². The van der Waals surface area contributed by atoms with Gasteiger partial charge in [-0.1, -0.05) is 0 Å². The first-order valence-corrected chi connectivity index (χ1v) is 10.0. The zero-order chi connectivity index (χ0) is 18.7. The predicted octanol–water partition coefficient (Wildman–Crippen LogP) is 2.95. The highest BCUT2D eigenvalue weighted by molar-refractivity contribution is 7.89. The van der Waals surface area contributed by atoms with Crippen LogP contribution in [0.4, 0.5) is 10.1 Å². The summed E-state index contributed by atoms with van der Waals surface area (Å²) in [5.41, 5.74) is 1.74. The van der Waals surface area contributed by atoms with E-state index in [0.29, 0.717) is 12.3 Å². The molecule has 1 heterocycles. The van der Waals surface area contributed by atoms with E-state index < -0.39 is 10.0 Å². The molecule has 1 unspecified atom stereocenters. The van der Waals surface area contributed by atoms with Gasteiger partial charge in [0.05, 0.1) is 12.0 Å². The van der Waals surface area contributed by atoms with Crippen LogP contribution in [-0.4, -0.2) is 35.2 Å². The topological polar surface area (TPSA) is 58.6 Å². The van der Waals surface area contributed by atoms with Gasteiger partial charge in [0.15, 0.2) is 0 Å². The lowest BCUT2D eigenvalue weighted by Crippen LogP contribution is -2.31. The molecule has 1 saturated heterocycles. The van der Waals surface area contributed by atoms with E-state index in [1.54, 1.807) is 37.4 Å². The monoisotopic (exact) mass is 378 g/mol. The maximum Gasteiger partial charge on any atom is 0.240 e. The van der Waals surface area contributed by atoms with Crippen molar-refractivity contribution in [1.29, 1.82) is 0 Å². The van der Waals surface area contributed by atoms with Crippen LogP contribution in [0, 0.1) is 18.7 Å². The normalized spacial score (nSPS) is 17.5. The van der Waals surface area contributed by atoms with Crippen LogP contribution in [0.2, 0.25) is 0 Å². The number of nitrogens with zero attached hydrogens (tertiary/aromatic N) is 1. The fourth-order valence-corrected chi connectivity index (χ4v) is 4.42. The molecular formula is C19H23FN2O3S. The SMILES string of the molecule is COc1ccc(S(=O)(=O)NCC2CCN(c3ccc(F)cc3)C2)cc1C. The highest BCUT2D eigenvalue weighted by Gasteiger charge is 2.25. The summed E-state index contributed by atoms with van der Waals surface area (Å²) in [5.74, 6) is 0.621. The highest BCUT2D eigenvalue weighted by Crippen LogP contribution is 2.25. The maximum atomic E-state index is 13.0. The van der Waals surface area contributed by atoms with Crippen molar-refractivity contribution >= 4 is 15.7 Å². The summed E-state index contributed by atoms with van der Waals surface area (Å²) >= 11 is 0. The van der Waals surface area contributed by atoms with Gasteiger partial charge in [-0.15, -0.1) is 0 Å². The summed E-state index contributed by atoms with van der Waals surface area (Å²) in [5, 5.41) is 0.